The number of unbranched alkanes of at least 4 members (excludes halogenated alkanes) is 1. The maximum atomic E-state index is 12.9. The Hall–Kier alpha value is -3.05. The maximum absolute atomic E-state index is 12.9. The highest BCUT2D eigenvalue weighted by atomic mass is 32.2. The van der Waals surface area contributed by atoms with Gasteiger partial charge >= 0.3 is 0 Å². The molecule has 4 rings (SSSR count). The van der Waals surface area contributed by atoms with Crippen molar-refractivity contribution >= 4 is 50.7 Å². The molecule has 0 aliphatic heterocycles. The van der Waals surface area contributed by atoms with E-state index >= 15 is 0 Å². The molecule has 0 atom stereocenters. The number of hydrogen-bond acceptors (Lipinski definition) is 8. The Morgan fingerprint density at radius 1 is 1.19 bits per heavy atom. The molecule has 168 valence electrons. The van der Waals surface area contributed by atoms with Crippen molar-refractivity contribution in [2.45, 2.75) is 31.5 Å². The van der Waals surface area contributed by atoms with Crippen molar-refractivity contribution in [1.82, 2.24) is 19.2 Å². The molecule has 0 spiro atoms. The monoisotopic (exact) mass is 473 g/mol. The normalized spacial score (nSPS) is 11.2. The molecule has 0 saturated heterocycles. The fraction of sp³-hybridized carbons (Fsp3) is 0.333. The summed E-state index contributed by atoms with van der Waals surface area (Å²) in [6, 6.07) is 7.06. The van der Waals surface area contributed by atoms with E-state index in [1.807, 2.05) is 15.8 Å². The number of hydrogen-bond donors (Lipinski definition) is 1. The van der Waals surface area contributed by atoms with Crippen LogP contribution in [0.3, 0.4) is 0 Å². The first-order valence-corrected chi connectivity index (χ1v) is 11.9. The van der Waals surface area contributed by atoms with Gasteiger partial charge in [-0.05, 0) is 17.9 Å². The van der Waals surface area contributed by atoms with Crippen molar-refractivity contribution in [1.29, 1.82) is 0 Å². The van der Waals surface area contributed by atoms with Crippen LogP contribution in [-0.2, 0) is 11.3 Å². The van der Waals surface area contributed by atoms with Crippen LogP contribution in [-0.4, -0.2) is 45.0 Å². The Bertz CT molecular complexity index is 1300. The number of carbonyl (C=O) groups excluding carboxylic acids is 1. The quantitative estimate of drug-likeness (QED) is 0.370. The van der Waals surface area contributed by atoms with Crippen molar-refractivity contribution in [2.24, 2.45) is 0 Å². The van der Waals surface area contributed by atoms with Gasteiger partial charge in [-0.15, -0.1) is 21.5 Å². The van der Waals surface area contributed by atoms with Gasteiger partial charge < -0.3 is 14.8 Å². The number of aryl methyl sites for hydroxylation is 1. The van der Waals surface area contributed by atoms with E-state index in [-0.39, 0.29) is 17.2 Å². The number of methoxy groups -OCH3 is 2. The molecule has 0 unspecified atom stereocenters. The fourth-order valence-electron chi connectivity index (χ4n) is 3.32. The molecule has 32 heavy (non-hydrogen) atoms. The third kappa shape index (κ3) is 4.30. The van der Waals surface area contributed by atoms with E-state index < -0.39 is 0 Å². The third-order valence-electron chi connectivity index (χ3n) is 4.89. The van der Waals surface area contributed by atoms with E-state index in [1.54, 1.807) is 37.0 Å². The molecule has 0 saturated carbocycles. The summed E-state index contributed by atoms with van der Waals surface area (Å²) in [5.74, 6) is 1.58. The van der Waals surface area contributed by atoms with E-state index in [9.17, 15) is 9.59 Å². The molecule has 1 N–H and O–H groups in total. The van der Waals surface area contributed by atoms with Gasteiger partial charge in [-0.25, -0.2) is 0 Å². The molecule has 0 bridgehead atoms. The average Bonchev–Trinajstić information content (AvgIpc) is 3.44. The van der Waals surface area contributed by atoms with Gasteiger partial charge in [0.15, 0.2) is 5.16 Å². The Morgan fingerprint density at radius 2 is 1.94 bits per heavy atom. The van der Waals surface area contributed by atoms with Gasteiger partial charge in [-0.1, -0.05) is 25.1 Å². The first kappa shape index (κ1) is 22.2. The number of nitrogens with zero attached hydrogens (tertiary/aromatic N) is 4. The fourth-order valence-corrected chi connectivity index (χ4v) is 4.88. The number of thiophene rings is 1. The molecule has 11 heteroatoms. The lowest BCUT2D eigenvalue weighted by molar-refractivity contribution is -0.113. The summed E-state index contributed by atoms with van der Waals surface area (Å²) in [7, 11) is 3.11. The lowest BCUT2D eigenvalue weighted by atomic mass is 10.2. The summed E-state index contributed by atoms with van der Waals surface area (Å²) in [4.78, 5) is 25.5. The molecule has 0 radical (unpaired) electrons. The maximum Gasteiger partial charge on any atom is 0.272 e. The number of aromatic nitrogens is 4. The van der Waals surface area contributed by atoms with Gasteiger partial charge in [-0.3, -0.25) is 18.6 Å². The molecular weight excluding hydrogens is 450 g/mol. The van der Waals surface area contributed by atoms with Crippen molar-refractivity contribution < 1.29 is 14.3 Å². The summed E-state index contributed by atoms with van der Waals surface area (Å²) in [5, 5.41) is 13.8. The largest absolute Gasteiger partial charge is 0.497 e. The number of carbonyl (C=O) groups is 1. The lowest BCUT2D eigenvalue weighted by Gasteiger charge is -2.10. The van der Waals surface area contributed by atoms with Crippen LogP contribution in [0.4, 0.5) is 5.69 Å². The minimum atomic E-state index is -0.206. The minimum absolute atomic E-state index is 0.0513. The van der Waals surface area contributed by atoms with Gasteiger partial charge in [0.1, 0.15) is 16.2 Å². The van der Waals surface area contributed by atoms with Crippen molar-refractivity contribution in [3.63, 3.8) is 0 Å². The Kier molecular flexibility index (Phi) is 6.66. The van der Waals surface area contributed by atoms with Crippen LogP contribution in [0.15, 0.2) is 39.6 Å². The van der Waals surface area contributed by atoms with Crippen molar-refractivity contribution in [3.8, 4) is 11.5 Å². The molecule has 4 aromatic rings. The number of ether oxygens (including phenoxy) is 2. The number of fused-ring (bicyclic) bond motifs is 3. The minimum Gasteiger partial charge on any atom is -0.497 e. The zero-order valence-corrected chi connectivity index (χ0v) is 19.6. The van der Waals surface area contributed by atoms with Crippen LogP contribution in [0.5, 0.6) is 11.5 Å². The number of rotatable bonds is 9. The Morgan fingerprint density at radius 3 is 2.62 bits per heavy atom. The summed E-state index contributed by atoms with van der Waals surface area (Å²) in [6.07, 6.45) is 1.83. The summed E-state index contributed by atoms with van der Waals surface area (Å²) >= 11 is 2.66. The first-order valence-electron chi connectivity index (χ1n) is 10.1. The van der Waals surface area contributed by atoms with Crippen LogP contribution >= 0.6 is 23.1 Å². The SMILES string of the molecule is CCCCn1c(=O)c2sccc2n2c(SCC(=O)Nc3cc(OC)cc(OC)c3)nnc12. The molecule has 3 heterocycles. The molecule has 3 aromatic heterocycles. The predicted octanol–water partition coefficient (Wildman–Crippen LogP) is 3.65. The van der Waals surface area contributed by atoms with Gasteiger partial charge in [0.2, 0.25) is 11.7 Å². The van der Waals surface area contributed by atoms with Crippen LogP contribution in [0, 0.1) is 0 Å². The second kappa shape index (κ2) is 9.61. The van der Waals surface area contributed by atoms with Crippen LogP contribution in [0.25, 0.3) is 16.0 Å². The smallest absolute Gasteiger partial charge is 0.272 e. The van der Waals surface area contributed by atoms with Crippen molar-refractivity contribution in [3.05, 3.63) is 40.0 Å². The topological polar surface area (TPSA) is 99.8 Å². The summed E-state index contributed by atoms with van der Waals surface area (Å²) < 4.78 is 14.7. The molecular formula is C21H23N5O4S2. The van der Waals surface area contributed by atoms with E-state index in [2.05, 4.69) is 22.4 Å². The van der Waals surface area contributed by atoms with Gasteiger partial charge in [0.05, 0.1) is 25.5 Å². The summed E-state index contributed by atoms with van der Waals surface area (Å²) in [6.45, 7) is 2.65. The number of anilines is 1. The lowest BCUT2D eigenvalue weighted by Crippen LogP contribution is -2.22. The second-order valence-corrected chi connectivity index (χ2v) is 8.86. The first-order chi connectivity index (χ1) is 15.5. The highest BCUT2D eigenvalue weighted by Crippen LogP contribution is 2.27. The highest BCUT2D eigenvalue weighted by Gasteiger charge is 2.18. The second-order valence-electron chi connectivity index (χ2n) is 7.00. The van der Waals surface area contributed by atoms with E-state index in [0.717, 1.165) is 18.4 Å². The van der Waals surface area contributed by atoms with E-state index in [4.69, 9.17) is 9.47 Å². The molecule has 0 fully saturated rings. The zero-order chi connectivity index (χ0) is 22.7. The average molecular weight is 474 g/mol. The van der Waals surface area contributed by atoms with Crippen LogP contribution < -0.4 is 20.3 Å². The molecule has 1 aromatic carbocycles. The predicted molar refractivity (Wildman–Crippen MR) is 126 cm³/mol. The third-order valence-corrected chi connectivity index (χ3v) is 6.71. The molecule has 0 aliphatic rings. The number of thioether (sulfide) groups is 1. The van der Waals surface area contributed by atoms with Crippen molar-refractivity contribution in [2.75, 3.05) is 25.3 Å². The Labute approximate surface area is 192 Å². The number of nitrogens with one attached hydrogen (secondary N) is 1. The molecule has 0 aliphatic carbocycles. The summed E-state index contributed by atoms with van der Waals surface area (Å²) in [5.41, 5.74) is 1.28. The van der Waals surface area contributed by atoms with Crippen LogP contribution in [0.2, 0.25) is 0 Å². The van der Waals surface area contributed by atoms with Gasteiger partial charge in [0.25, 0.3) is 5.56 Å². The highest BCUT2D eigenvalue weighted by molar-refractivity contribution is 7.99. The van der Waals surface area contributed by atoms with Gasteiger partial charge in [-0.2, -0.15) is 0 Å². The molecule has 9 nitrogen and oxygen atoms in total. The standard InChI is InChI=1S/C21H23N5O4S2/c1-4-5-7-25-19(28)18-16(6-8-31-18)26-20(25)23-24-21(26)32-12-17(27)22-13-9-14(29-2)11-15(10-13)30-3/h6,8-11H,4-5,7,12H2,1-3H3,(H,22,27). The van der Waals surface area contributed by atoms with E-state index in [0.29, 0.717) is 39.4 Å². The van der Waals surface area contributed by atoms with E-state index in [1.165, 1.54) is 23.1 Å². The van der Waals surface area contributed by atoms with Gasteiger partial charge in [0, 0.05) is 30.4 Å². The van der Waals surface area contributed by atoms with Crippen LogP contribution in [0.1, 0.15) is 19.8 Å². The number of amides is 1. The zero-order valence-electron chi connectivity index (χ0n) is 18.0. The Balaban J connectivity index is 1.58. The molecule has 1 amide bonds. The number of benzene rings is 1.